The minimum atomic E-state index is -0.445. The molecule has 3 unspecified atom stereocenters. The van der Waals surface area contributed by atoms with Crippen LogP contribution < -0.4 is 5.73 Å². The second-order valence-electron chi connectivity index (χ2n) is 4.84. The van der Waals surface area contributed by atoms with Gasteiger partial charge in [0.25, 0.3) is 0 Å². The van der Waals surface area contributed by atoms with Crippen molar-refractivity contribution in [3.05, 3.63) is 0 Å². The molecular formula is C12H23NO2. The van der Waals surface area contributed by atoms with Crippen LogP contribution in [0, 0.1) is 11.8 Å². The minimum Gasteiger partial charge on any atom is -0.461 e. The molecule has 0 aromatic heterocycles. The zero-order valence-corrected chi connectivity index (χ0v) is 10.0. The Labute approximate surface area is 92.4 Å². The lowest BCUT2D eigenvalue weighted by Crippen LogP contribution is -2.36. The fourth-order valence-electron chi connectivity index (χ4n) is 2.02. The standard InChI is InChI=1S/C12H23NO2/c1-4-11(13)12(14)15-10-6-5-8(2)9(3)7-10/h8-11H,4-7,13H2,1-3H3/t8?,9?,10?,11-/m0/s1. The highest BCUT2D eigenvalue weighted by atomic mass is 16.5. The minimum absolute atomic E-state index is 0.0984. The number of carbonyl (C=O) groups excluding carboxylic acids is 1. The van der Waals surface area contributed by atoms with Crippen molar-refractivity contribution in [2.75, 3.05) is 0 Å². The van der Waals surface area contributed by atoms with Gasteiger partial charge in [-0.2, -0.15) is 0 Å². The Morgan fingerprint density at radius 2 is 2.07 bits per heavy atom. The first-order valence-electron chi connectivity index (χ1n) is 6.00. The summed E-state index contributed by atoms with van der Waals surface area (Å²) in [7, 11) is 0. The molecule has 4 atom stereocenters. The van der Waals surface area contributed by atoms with E-state index in [1.165, 1.54) is 0 Å². The van der Waals surface area contributed by atoms with E-state index in [0.29, 0.717) is 12.3 Å². The molecule has 1 aliphatic carbocycles. The maximum absolute atomic E-state index is 11.5. The van der Waals surface area contributed by atoms with Crippen LogP contribution in [0.25, 0.3) is 0 Å². The largest absolute Gasteiger partial charge is 0.461 e. The summed E-state index contributed by atoms with van der Waals surface area (Å²) >= 11 is 0. The molecular weight excluding hydrogens is 190 g/mol. The molecule has 0 amide bonds. The lowest BCUT2D eigenvalue weighted by molar-refractivity contribution is -0.153. The Kier molecular flexibility index (Phi) is 4.58. The second kappa shape index (κ2) is 5.50. The molecule has 3 heteroatoms. The summed E-state index contributed by atoms with van der Waals surface area (Å²) in [5.41, 5.74) is 5.62. The summed E-state index contributed by atoms with van der Waals surface area (Å²) in [4.78, 5) is 11.5. The van der Waals surface area contributed by atoms with Gasteiger partial charge in [-0.05, 0) is 37.5 Å². The van der Waals surface area contributed by atoms with Crippen molar-refractivity contribution in [3.8, 4) is 0 Å². The number of nitrogens with two attached hydrogens (primary N) is 1. The van der Waals surface area contributed by atoms with Crippen LogP contribution in [0.15, 0.2) is 0 Å². The Morgan fingerprint density at radius 1 is 1.40 bits per heavy atom. The van der Waals surface area contributed by atoms with Gasteiger partial charge in [0.1, 0.15) is 12.1 Å². The van der Waals surface area contributed by atoms with Gasteiger partial charge in [0.05, 0.1) is 0 Å². The maximum atomic E-state index is 11.5. The van der Waals surface area contributed by atoms with Crippen LogP contribution in [0.4, 0.5) is 0 Å². The molecule has 0 aromatic carbocycles. The predicted octanol–water partition coefficient (Wildman–Crippen LogP) is 2.09. The summed E-state index contributed by atoms with van der Waals surface area (Å²) in [6, 6.07) is -0.445. The van der Waals surface area contributed by atoms with Crippen LogP contribution in [-0.2, 0) is 9.53 Å². The van der Waals surface area contributed by atoms with Crippen LogP contribution in [-0.4, -0.2) is 18.1 Å². The zero-order valence-electron chi connectivity index (χ0n) is 10.0. The zero-order chi connectivity index (χ0) is 11.4. The summed E-state index contributed by atoms with van der Waals surface area (Å²) in [6.45, 7) is 6.39. The van der Waals surface area contributed by atoms with Gasteiger partial charge in [-0.15, -0.1) is 0 Å². The predicted molar refractivity (Wildman–Crippen MR) is 60.3 cm³/mol. The van der Waals surface area contributed by atoms with Crippen molar-refractivity contribution in [3.63, 3.8) is 0 Å². The lowest BCUT2D eigenvalue weighted by atomic mass is 9.80. The van der Waals surface area contributed by atoms with Crippen LogP contribution in [0.5, 0.6) is 0 Å². The van der Waals surface area contributed by atoms with Gasteiger partial charge >= 0.3 is 5.97 Å². The summed E-state index contributed by atoms with van der Waals surface area (Å²) in [5.74, 6) is 1.17. The summed E-state index contributed by atoms with van der Waals surface area (Å²) in [6.07, 6.45) is 3.89. The van der Waals surface area contributed by atoms with Gasteiger partial charge in [-0.25, -0.2) is 0 Å². The molecule has 15 heavy (non-hydrogen) atoms. The normalized spacial score (nSPS) is 33.5. The monoisotopic (exact) mass is 213 g/mol. The number of esters is 1. The van der Waals surface area contributed by atoms with Crippen molar-refractivity contribution in [1.82, 2.24) is 0 Å². The molecule has 0 bridgehead atoms. The fourth-order valence-corrected chi connectivity index (χ4v) is 2.02. The van der Waals surface area contributed by atoms with Crippen LogP contribution in [0.1, 0.15) is 46.5 Å². The van der Waals surface area contributed by atoms with E-state index >= 15 is 0 Å². The lowest BCUT2D eigenvalue weighted by Gasteiger charge is -2.32. The maximum Gasteiger partial charge on any atom is 0.323 e. The SMILES string of the molecule is CC[C@H](N)C(=O)OC1CCC(C)C(C)C1. The van der Waals surface area contributed by atoms with E-state index in [1.807, 2.05) is 6.92 Å². The smallest absolute Gasteiger partial charge is 0.323 e. The second-order valence-corrected chi connectivity index (χ2v) is 4.84. The van der Waals surface area contributed by atoms with Gasteiger partial charge in [-0.3, -0.25) is 4.79 Å². The fraction of sp³-hybridized carbons (Fsp3) is 0.917. The Morgan fingerprint density at radius 3 is 2.60 bits per heavy atom. The molecule has 0 saturated heterocycles. The van der Waals surface area contributed by atoms with E-state index in [4.69, 9.17) is 10.5 Å². The molecule has 0 heterocycles. The molecule has 0 aromatic rings. The molecule has 1 saturated carbocycles. The first-order chi connectivity index (χ1) is 7.04. The molecule has 2 N–H and O–H groups in total. The Hall–Kier alpha value is -0.570. The van der Waals surface area contributed by atoms with Gasteiger partial charge in [0.2, 0.25) is 0 Å². The molecule has 3 nitrogen and oxygen atoms in total. The van der Waals surface area contributed by atoms with Crippen LogP contribution in [0.3, 0.4) is 0 Å². The third-order valence-corrected chi connectivity index (χ3v) is 3.58. The van der Waals surface area contributed by atoms with Crippen molar-refractivity contribution < 1.29 is 9.53 Å². The van der Waals surface area contributed by atoms with Crippen LogP contribution in [0.2, 0.25) is 0 Å². The molecule has 1 aliphatic rings. The highest BCUT2D eigenvalue weighted by Crippen LogP contribution is 2.31. The molecule has 0 radical (unpaired) electrons. The molecule has 0 aliphatic heterocycles. The number of carbonyl (C=O) groups is 1. The van der Waals surface area contributed by atoms with E-state index in [0.717, 1.165) is 25.2 Å². The molecule has 88 valence electrons. The van der Waals surface area contributed by atoms with Crippen molar-refractivity contribution in [2.45, 2.75) is 58.6 Å². The third kappa shape index (κ3) is 3.49. The quantitative estimate of drug-likeness (QED) is 0.730. The highest BCUT2D eigenvalue weighted by Gasteiger charge is 2.27. The topological polar surface area (TPSA) is 52.3 Å². The highest BCUT2D eigenvalue weighted by molar-refractivity contribution is 5.75. The average molecular weight is 213 g/mol. The number of hydrogen-bond donors (Lipinski definition) is 1. The molecule has 0 spiro atoms. The van der Waals surface area contributed by atoms with E-state index in [1.54, 1.807) is 0 Å². The Balaban J connectivity index is 2.36. The van der Waals surface area contributed by atoms with E-state index in [9.17, 15) is 4.79 Å². The van der Waals surface area contributed by atoms with Gasteiger partial charge in [0, 0.05) is 0 Å². The number of hydrogen-bond acceptors (Lipinski definition) is 3. The first-order valence-corrected chi connectivity index (χ1v) is 6.00. The summed E-state index contributed by atoms with van der Waals surface area (Å²) < 4.78 is 5.40. The van der Waals surface area contributed by atoms with E-state index < -0.39 is 6.04 Å². The van der Waals surface area contributed by atoms with Gasteiger partial charge in [0.15, 0.2) is 0 Å². The van der Waals surface area contributed by atoms with Gasteiger partial charge in [-0.1, -0.05) is 20.8 Å². The van der Waals surface area contributed by atoms with E-state index in [-0.39, 0.29) is 12.1 Å². The van der Waals surface area contributed by atoms with Crippen molar-refractivity contribution in [1.29, 1.82) is 0 Å². The van der Waals surface area contributed by atoms with Crippen LogP contribution >= 0.6 is 0 Å². The number of ether oxygens (including phenoxy) is 1. The molecule has 1 rings (SSSR count). The van der Waals surface area contributed by atoms with E-state index in [2.05, 4.69) is 13.8 Å². The van der Waals surface area contributed by atoms with Crippen molar-refractivity contribution >= 4 is 5.97 Å². The molecule has 1 fully saturated rings. The third-order valence-electron chi connectivity index (χ3n) is 3.58. The van der Waals surface area contributed by atoms with Gasteiger partial charge < -0.3 is 10.5 Å². The number of rotatable bonds is 3. The Bertz CT molecular complexity index is 218. The van der Waals surface area contributed by atoms with Crippen molar-refractivity contribution in [2.24, 2.45) is 17.6 Å². The summed E-state index contributed by atoms with van der Waals surface area (Å²) in [5, 5.41) is 0. The first kappa shape index (κ1) is 12.5. The average Bonchev–Trinajstić information content (AvgIpc) is 2.22.